The van der Waals surface area contributed by atoms with E-state index in [0.717, 1.165) is 23.2 Å². The predicted molar refractivity (Wildman–Crippen MR) is 110 cm³/mol. The van der Waals surface area contributed by atoms with Gasteiger partial charge >= 0.3 is 0 Å². The number of para-hydroxylation sites is 1. The molecule has 0 aliphatic carbocycles. The Morgan fingerprint density at radius 2 is 2.07 bits per heavy atom. The number of benzene rings is 2. The average molecular weight is 397 g/mol. The lowest BCUT2D eigenvalue weighted by atomic mass is 10.2. The number of nitrogens with zero attached hydrogens (tertiary/aromatic N) is 4. The first-order chi connectivity index (χ1) is 13.2. The van der Waals surface area contributed by atoms with Crippen molar-refractivity contribution in [3.63, 3.8) is 0 Å². The number of hydrogen-bond acceptors (Lipinski definition) is 4. The molecule has 0 N–H and O–H groups in total. The van der Waals surface area contributed by atoms with Gasteiger partial charge in [0.25, 0.3) is 5.91 Å². The molecule has 1 amide bonds. The molecule has 0 bridgehead atoms. The van der Waals surface area contributed by atoms with Crippen LogP contribution in [0.4, 0.5) is 5.13 Å². The second-order valence-corrected chi connectivity index (χ2v) is 7.53. The monoisotopic (exact) mass is 396 g/mol. The molecule has 0 aliphatic rings. The van der Waals surface area contributed by atoms with Gasteiger partial charge in [-0.05, 0) is 36.8 Å². The lowest BCUT2D eigenvalue weighted by Crippen LogP contribution is -2.32. The average Bonchev–Trinajstić information content (AvgIpc) is 3.34. The molecule has 4 aromatic rings. The summed E-state index contributed by atoms with van der Waals surface area (Å²) in [6.45, 7) is 1.34. The minimum atomic E-state index is -0.0952. The number of aryl methyl sites for hydroxylation is 1. The van der Waals surface area contributed by atoms with Crippen LogP contribution in [0.25, 0.3) is 10.2 Å². The van der Waals surface area contributed by atoms with E-state index in [0.29, 0.717) is 22.3 Å². The van der Waals surface area contributed by atoms with E-state index in [1.165, 1.54) is 11.3 Å². The summed E-state index contributed by atoms with van der Waals surface area (Å²) in [5.41, 5.74) is 1.46. The molecule has 4 rings (SSSR count). The van der Waals surface area contributed by atoms with Crippen LogP contribution in [0, 0.1) is 0 Å². The van der Waals surface area contributed by atoms with Gasteiger partial charge in [0.05, 0.1) is 16.5 Å². The van der Waals surface area contributed by atoms with Crippen molar-refractivity contribution in [2.45, 2.75) is 13.0 Å². The molecule has 136 valence electrons. The van der Waals surface area contributed by atoms with Crippen LogP contribution in [0.2, 0.25) is 5.02 Å². The highest BCUT2D eigenvalue weighted by atomic mass is 35.5. The summed E-state index contributed by atoms with van der Waals surface area (Å²) in [6.07, 6.45) is 6.24. The normalized spacial score (nSPS) is 11.0. The molecule has 2 aromatic heterocycles. The van der Waals surface area contributed by atoms with Gasteiger partial charge in [0.1, 0.15) is 0 Å². The zero-order valence-corrected chi connectivity index (χ0v) is 16.0. The maximum absolute atomic E-state index is 13.2. The van der Waals surface area contributed by atoms with Crippen LogP contribution in [0.1, 0.15) is 16.8 Å². The zero-order valence-electron chi connectivity index (χ0n) is 14.5. The fourth-order valence-electron chi connectivity index (χ4n) is 2.87. The molecule has 0 fully saturated rings. The van der Waals surface area contributed by atoms with Crippen molar-refractivity contribution in [2.24, 2.45) is 0 Å². The lowest BCUT2D eigenvalue weighted by molar-refractivity contribution is 0.0986. The molecule has 0 spiro atoms. The third-order valence-corrected chi connectivity index (χ3v) is 5.48. The van der Waals surface area contributed by atoms with E-state index in [2.05, 4.69) is 9.97 Å². The maximum Gasteiger partial charge on any atom is 0.260 e. The molecular formula is C20H17ClN4OS. The molecule has 0 aliphatic heterocycles. The topological polar surface area (TPSA) is 51.0 Å². The summed E-state index contributed by atoms with van der Waals surface area (Å²) in [4.78, 5) is 23.7. The highest BCUT2D eigenvalue weighted by Gasteiger charge is 2.21. The summed E-state index contributed by atoms with van der Waals surface area (Å²) in [5, 5.41) is 1.25. The number of fused-ring (bicyclic) bond motifs is 1. The van der Waals surface area contributed by atoms with E-state index in [1.807, 2.05) is 35.0 Å². The Bertz CT molecular complexity index is 1030. The van der Waals surface area contributed by atoms with Gasteiger partial charge in [0.2, 0.25) is 0 Å². The molecule has 0 radical (unpaired) electrons. The lowest BCUT2D eigenvalue weighted by Gasteiger charge is -2.20. The summed E-state index contributed by atoms with van der Waals surface area (Å²) in [7, 11) is 0. The third kappa shape index (κ3) is 4.02. The molecule has 0 saturated heterocycles. The first kappa shape index (κ1) is 17.7. The van der Waals surface area contributed by atoms with Crippen LogP contribution in [-0.4, -0.2) is 27.0 Å². The molecule has 0 saturated carbocycles. The van der Waals surface area contributed by atoms with Gasteiger partial charge < -0.3 is 4.57 Å². The second kappa shape index (κ2) is 7.90. The van der Waals surface area contributed by atoms with Crippen molar-refractivity contribution >= 4 is 44.2 Å². The SMILES string of the molecule is O=C(c1cccc(Cl)c1)N(CCCn1ccnc1)c1nc2ccccc2s1. The van der Waals surface area contributed by atoms with E-state index < -0.39 is 0 Å². The van der Waals surface area contributed by atoms with Crippen LogP contribution in [-0.2, 0) is 6.54 Å². The van der Waals surface area contributed by atoms with Crippen molar-refractivity contribution < 1.29 is 4.79 Å². The molecule has 0 unspecified atom stereocenters. The minimum Gasteiger partial charge on any atom is -0.337 e. The Kier molecular flexibility index (Phi) is 5.18. The molecule has 7 heteroatoms. The summed E-state index contributed by atoms with van der Waals surface area (Å²) >= 11 is 7.60. The van der Waals surface area contributed by atoms with Gasteiger partial charge in [-0.3, -0.25) is 9.69 Å². The summed E-state index contributed by atoms with van der Waals surface area (Å²) in [5.74, 6) is -0.0952. The highest BCUT2D eigenvalue weighted by Crippen LogP contribution is 2.30. The maximum atomic E-state index is 13.2. The van der Waals surface area contributed by atoms with Gasteiger partial charge in [0, 0.05) is 36.1 Å². The number of amides is 1. The Hall–Kier alpha value is -2.70. The Labute approximate surface area is 165 Å². The van der Waals surface area contributed by atoms with Crippen molar-refractivity contribution in [2.75, 3.05) is 11.4 Å². The van der Waals surface area contributed by atoms with Crippen molar-refractivity contribution in [3.8, 4) is 0 Å². The van der Waals surface area contributed by atoms with E-state index in [-0.39, 0.29) is 5.91 Å². The van der Waals surface area contributed by atoms with E-state index in [4.69, 9.17) is 11.6 Å². The first-order valence-electron chi connectivity index (χ1n) is 8.59. The van der Waals surface area contributed by atoms with Crippen LogP contribution < -0.4 is 4.90 Å². The Morgan fingerprint density at radius 1 is 1.19 bits per heavy atom. The number of hydrogen-bond donors (Lipinski definition) is 0. The van der Waals surface area contributed by atoms with E-state index >= 15 is 0 Å². The number of anilines is 1. The van der Waals surface area contributed by atoms with E-state index in [9.17, 15) is 4.79 Å². The zero-order chi connectivity index (χ0) is 18.6. The van der Waals surface area contributed by atoms with Gasteiger partial charge in [0.15, 0.2) is 5.13 Å². The van der Waals surface area contributed by atoms with Crippen molar-refractivity contribution in [1.82, 2.24) is 14.5 Å². The molecular weight excluding hydrogens is 380 g/mol. The predicted octanol–water partition coefficient (Wildman–Crippen LogP) is 4.88. The number of carbonyl (C=O) groups excluding carboxylic acids is 1. The molecule has 0 atom stereocenters. The molecule has 27 heavy (non-hydrogen) atoms. The van der Waals surface area contributed by atoms with Crippen molar-refractivity contribution in [3.05, 3.63) is 77.8 Å². The van der Waals surface area contributed by atoms with Gasteiger partial charge in [-0.15, -0.1) is 0 Å². The number of halogens is 1. The standard InChI is InChI=1S/C20H17ClN4OS/c21-16-6-3-5-15(13-16)19(26)25(11-4-10-24-12-9-22-14-24)20-23-17-7-1-2-8-18(17)27-20/h1-3,5-9,12-14H,4,10-11H2. The smallest absolute Gasteiger partial charge is 0.260 e. The Morgan fingerprint density at radius 3 is 2.85 bits per heavy atom. The minimum absolute atomic E-state index is 0.0952. The fraction of sp³-hybridized carbons (Fsp3) is 0.150. The summed E-state index contributed by atoms with van der Waals surface area (Å²) in [6, 6.07) is 14.9. The third-order valence-electron chi connectivity index (χ3n) is 4.19. The highest BCUT2D eigenvalue weighted by molar-refractivity contribution is 7.22. The van der Waals surface area contributed by atoms with Crippen LogP contribution in [0.15, 0.2) is 67.3 Å². The quantitative estimate of drug-likeness (QED) is 0.466. The fourth-order valence-corrected chi connectivity index (χ4v) is 4.05. The number of rotatable bonds is 6. The van der Waals surface area contributed by atoms with Crippen LogP contribution in [0.3, 0.4) is 0 Å². The molecule has 2 aromatic carbocycles. The number of carbonyl (C=O) groups is 1. The summed E-state index contributed by atoms with van der Waals surface area (Å²) < 4.78 is 3.06. The molecule has 5 nitrogen and oxygen atoms in total. The van der Waals surface area contributed by atoms with Gasteiger partial charge in [-0.2, -0.15) is 0 Å². The molecule has 2 heterocycles. The second-order valence-electron chi connectivity index (χ2n) is 6.09. The van der Waals surface area contributed by atoms with Crippen molar-refractivity contribution in [1.29, 1.82) is 0 Å². The van der Waals surface area contributed by atoms with Crippen LogP contribution >= 0.6 is 22.9 Å². The van der Waals surface area contributed by atoms with E-state index in [1.54, 1.807) is 41.7 Å². The number of imidazole rings is 1. The number of aromatic nitrogens is 3. The Balaban J connectivity index is 1.62. The largest absolute Gasteiger partial charge is 0.337 e. The first-order valence-corrected chi connectivity index (χ1v) is 9.79. The van der Waals surface area contributed by atoms with Gasteiger partial charge in [-0.25, -0.2) is 9.97 Å². The van der Waals surface area contributed by atoms with Crippen LogP contribution in [0.5, 0.6) is 0 Å². The van der Waals surface area contributed by atoms with Gasteiger partial charge in [-0.1, -0.05) is 41.1 Å². The number of thiazole rings is 1.